The standard InChI is InChI=1S/C14H20ClN3O2/c1-4-5-12(16)13(19)17-9-6-7-11(15)10(8-9)14(20)18(2)3/h6-8,12H,4-5,16H2,1-3H3,(H,17,19). The van der Waals surface area contributed by atoms with Crippen molar-refractivity contribution in [1.29, 1.82) is 0 Å². The van der Waals surface area contributed by atoms with Gasteiger partial charge >= 0.3 is 0 Å². The molecule has 110 valence electrons. The normalized spacial score (nSPS) is 11.8. The SMILES string of the molecule is CCCC(N)C(=O)Nc1ccc(Cl)c(C(=O)N(C)C)c1. The molecule has 0 saturated carbocycles. The van der Waals surface area contributed by atoms with Crippen LogP contribution in [0.3, 0.4) is 0 Å². The molecule has 0 radical (unpaired) electrons. The second-order valence-electron chi connectivity index (χ2n) is 4.78. The number of nitrogens with zero attached hydrogens (tertiary/aromatic N) is 1. The molecular formula is C14H20ClN3O2. The summed E-state index contributed by atoms with van der Waals surface area (Å²) in [6.07, 6.45) is 1.45. The van der Waals surface area contributed by atoms with E-state index < -0.39 is 6.04 Å². The number of hydrogen-bond donors (Lipinski definition) is 2. The molecule has 0 saturated heterocycles. The van der Waals surface area contributed by atoms with Crippen LogP contribution in [0.4, 0.5) is 5.69 Å². The fourth-order valence-corrected chi connectivity index (χ4v) is 1.88. The second-order valence-corrected chi connectivity index (χ2v) is 5.19. The summed E-state index contributed by atoms with van der Waals surface area (Å²) in [4.78, 5) is 25.2. The molecule has 20 heavy (non-hydrogen) atoms. The number of rotatable bonds is 5. The highest BCUT2D eigenvalue weighted by atomic mass is 35.5. The van der Waals surface area contributed by atoms with Gasteiger partial charge in [0.2, 0.25) is 5.91 Å². The molecule has 1 aromatic carbocycles. The number of nitrogens with one attached hydrogen (secondary N) is 1. The van der Waals surface area contributed by atoms with Gasteiger partial charge in [-0.3, -0.25) is 9.59 Å². The van der Waals surface area contributed by atoms with E-state index in [1.54, 1.807) is 32.3 Å². The lowest BCUT2D eigenvalue weighted by Gasteiger charge is -2.14. The first-order valence-electron chi connectivity index (χ1n) is 6.44. The molecule has 1 atom stereocenters. The largest absolute Gasteiger partial charge is 0.345 e. The molecule has 6 heteroatoms. The fraction of sp³-hybridized carbons (Fsp3) is 0.429. The van der Waals surface area contributed by atoms with Crippen molar-refractivity contribution in [3.63, 3.8) is 0 Å². The summed E-state index contributed by atoms with van der Waals surface area (Å²) < 4.78 is 0. The lowest BCUT2D eigenvalue weighted by atomic mass is 10.1. The molecule has 0 bridgehead atoms. The van der Waals surface area contributed by atoms with E-state index in [0.29, 0.717) is 22.7 Å². The average Bonchev–Trinajstić information content (AvgIpc) is 2.40. The lowest BCUT2D eigenvalue weighted by Crippen LogP contribution is -2.35. The highest BCUT2D eigenvalue weighted by molar-refractivity contribution is 6.34. The minimum absolute atomic E-state index is 0.219. The molecule has 0 aromatic heterocycles. The highest BCUT2D eigenvalue weighted by Gasteiger charge is 2.16. The Morgan fingerprint density at radius 1 is 1.40 bits per heavy atom. The monoisotopic (exact) mass is 297 g/mol. The maximum atomic E-state index is 11.9. The molecule has 2 amide bonds. The molecular weight excluding hydrogens is 278 g/mol. The van der Waals surface area contributed by atoms with E-state index in [-0.39, 0.29) is 11.8 Å². The summed E-state index contributed by atoms with van der Waals surface area (Å²) >= 11 is 6.00. The molecule has 0 aliphatic rings. The van der Waals surface area contributed by atoms with Crippen molar-refractivity contribution in [2.24, 2.45) is 5.73 Å². The molecule has 0 spiro atoms. The maximum Gasteiger partial charge on any atom is 0.254 e. The second kappa shape index (κ2) is 7.26. The van der Waals surface area contributed by atoms with Crippen LogP contribution in [0.5, 0.6) is 0 Å². The van der Waals surface area contributed by atoms with Crippen LogP contribution in [-0.2, 0) is 4.79 Å². The first-order chi connectivity index (χ1) is 9.36. The van der Waals surface area contributed by atoms with Crippen molar-refractivity contribution in [1.82, 2.24) is 4.90 Å². The summed E-state index contributed by atoms with van der Waals surface area (Å²) in [6.45, 7) is 1.96. The fourth-order valence-electron chi connectivity index (χ4n) is 1.68. The van der Waals surface area contributed by atoms with Crippen molar-refractivity contribution in [3.05, 3.63) is 28.8 Å². The number of amides is 2. The third kappa shape index (κ3) is 4.21. The lowest BCUT2D eigenvalue weighted by molar-refractivity contribution is -0.117. The van der Waals surface area contributed by atoms with Gasteiger partial charge in [-0.05, 0) is 24.6 Å². The van der Waals surface area contributed by atoms with Gasteiger partial charge in [0.25, 0.3) is 5.91 Å². The maximum absolute atomic E-state index is 11.9. The Kier molecular flexibility index (Phi) is 5.98. The third-order valence-electron chi connectivity index (χ3n) is 2.81. The molecule has 0 heterocycles. The van der Waals surface area contributed by atoms with E-state index in [0.717, 1.165) is 6.42 Å². The molecule has 1 rings (SSSR count). The van der Waals surface area contributed by atoms with Crippen molar-refractivity contribution in [2.75, 3.05) is 19.4 Å². The predicted molar refractivity (Wildman–Crippen MR) is 81.0 cm³/mol. The van der Waals surface area contributed by atoms with Gasteiger partial charge in [0.15, 0.2) is 0 Å². The van der Waals surface area contributed by atoms with Crippen LogP contribution in [0.2, 0.25) is 5.02 Å². The van der Waals surface area contributed by atoms with Gasteiger partial charge in [-0.25, -0.2) is 0 Å². The zero-order valence-electron chi connectivity index (χ0n) is 11.9. The number of halogens is 1. The van der Waals surface area contributed by atoms with E-state index in [4.69, 9.17) is 17.3 Å². The third-order valence-corrected chi connectivity index (χ3v) is 3.14. The van der Waals surface area contributed by atoms with Crippen LogP contribution in [0.25, 0.3) is 0 Å². The Bertz CT molecular complexity index is 503. The van der Waals surface area contributed by atoms with Crippen LogP contribution < -0.4 is 11.1 Å². The van der Waals surface area contributed by atoms with Gasteiger partial charge in [-0.15, -0.1) is 0 Å². The number of hydrogen-bond acceptors (Lipinski definition) is 3. The number of benzene rings is 1. The molecule has 1 aromatic rings. The topological polar surface area (TPSA) is 75.4 Å². The van der Waals surface area contributed by atoms with Crippen LogP contribution in [0.15, 0.2) is 18.2 Å². The minimum Gasteiger partial charge on any atom is -0.345 e. The number of carbonyl (C=O) groups excluding carboxylic acids is 2. The van der Waals surface area contributed by atoms with Crippen molar-refractivity contribution in [3.8, 4) is 0 Å². The first kappa shape index (κ1) is 16.5. The summed E-state index contributed by atoms with van der Waals surface area (Å²) in [7, 11) is 3.28. The Morgan fingerprint density at radius 2 is 2.05 bits per heavy atom. The molecule has 5 nitrogen and oxygen atoms in total. The zero-order valence-corrected chi connectivity index (χ0v) is 12.7. The predicted octanol–water partition coefficient (Wildman–Crippen LogP) is 2.11. The Labute approximate surface area is 124 Å². The number of carbonyl (C=O) groups is 2. The molecule has 1 unspecified atom stereocenters. The van der Waals surface area contributed by atoms with E-state index in [1.165, 1.54) is 4.90 Å². The average molecular weight is 298 g/mol. The van der Waals surface area contributed by atoms with Gasteiger partial charge < -0.3 is 16.0 Å². The van der Waals surface area contributed by atoms with Crippen molar-refractivity contribution in [2.45, 2.75) is 25.8 Å². The molecule has 0 fully saturated rings. The Balaban J connectivity index is 2.90. The summed E-state index contributed by atoms with van der Waals surface area (Å²) in [5, 5.41) is 3.04. The molecule has 3 N–H and O–H groups in total. The smallest absolute Gasteiger partial charge is 0.254 e. The Hall–Kier alpha value is -1.59. The van der Waals surface area contributed by atoms with Crippen molar-refractivity contribution < 1.29 is 9.59 Å². The first-order valence-corrected chi connectivity index (χ1v) is 6.82. The Morgan fingerprint density at radius 3 is 2.60 bits per heavy atom. The summed E-state index contributed by atoms with van der Waals surface area (Å²) in [5.41, 5.74) is 6.59. The van der Waals surface area contributed by atoms with E-state index in [2.05, 4.69) is 5.32 Å². The zero-order chi connectivity index (χ0) is 15.3. The number of anilines is 1. The van der Waals surface area contributed by atoms with Crippen LogP contribution in [0, 0.1) is 0 Å². The summed E-state index contributed by atoms with van der Waals surface area (Å²) in [6, 6.07) is 4.23. The van der Waals surface area contributed by atoms with E-state index in [9.17, 15) is 9.59 Å². The van der Waals surface area contributed by atoms with Crippen LogP contribution in [-0.4, -0.2) is 36.9 Å². The minimum atomic E-state index is -0.552. The van der Waals surface area contributed by atoms with Gasteiger partial charge in [0.05, 0.1) is 16.6 Å². The molecule has 0 aliphatic heterocycles. The summed E-state index contributed by atoms with van der Waals surface area (Å²) in [5.74, 6) is -0.485. The van der Waals surface area contributed by atoms with Gasteiger partial charge in [-0.2, -0.15) is 0 Å². The van der Waals surface area contributed by atoms with Gasteiger partial charge in [-0.1, -0.05) is 24.9 Å². The van der Waals surface area contributed by atoms with Gasteiger partial charge in [0, 0.05) is 19.8 Å². The van der Waals surface area contributed by atoms with E-state index in [1.807, 2.05) is 6.92 Å². The van der Waals surface area contributed by atoms with E-state index >= 15 is 0 Å². The molecule has 0 aliphatic carbocycles. The number of nitrogens with two attached hydrogens (primary N) is 1. The van der Waals surface area contributed by atoms with Crippen LogP contribution in [0.1, 0.15) is 30.1 Å². The van der Waals surface area contributed by atoms with Crippen molar-refractivity contribution >= 4 is 29.1 Å². The van der Waals surface area contributed by atoms with Crippen LogP contribution >= 0.6 is 11.6 Å². The quantitative estimate of drug-likeness (QED) is 0.874. The highest BCUT2D eigenvalue weighted by Crippen LogP contribution is 2.21. The van der Waals surface area contributed by atoms with Gasteiger partial charge in [0.1, 0.15) is 0 Å².